The molecule has 0 radical (unpaired) electrons. The summed E-state index contributed by atoms with van der Waals surface area (Å²) in [6.45, 7) is 1.97. The van der Waals surface area contributed by atoms with Crippen LogP contribution in [0.4, 0.5) is 0 Å². The number of epoxide rings is 1. The summed E-state index contributed by atoms with van der Waals surface area (Å²) in [7, 11) is 0. The molecule has 1 aliphatic heterocycles. The van der Waals surface area contributed by atoms with E-state index in [1.807, 2.05) is 37.3 Å². The molecule has 1 aliphatic rings. The lowest BCUT2D eigenvalue weighted by molar-refractivity contribution is -0.112. The molecule has 0 amide bonds. The molecule has 13 heavy (non-hydrogen) atoms. The lowest BCUT2D eigenvalue weighted by atomic mass is 9.98. The first-order valence-corrected chi connectivity index (χ1v) is 4.51. The van der Waals surface area contributed by atoms with E-state index in [-0.39, 0.29) is 6.10 Å². The minimum atomic E-state index is -0.526. The van der Waals surface area contributed by atoms with Crippen molar-refractivity contribution in [3.05, 3.63) is 35.9 Å². The number of carbonyl (C=O) groups excluding carboxylic acids is 1. The Bertz CT molecular complexity index is 307. The predicted octanol–water partition coefficient (Wildman–Crippen LogP) is 2.11. The molecule has 0 N–H and O–H groups in total. The van der Waals surface area contributed by atoms with Crippen molar-refractivity contribution in [2.24, 2.45) is 0 Å². The summed E-state index contributed by atoms with van der Waals surface area (Å²) < 4.78 is 5.42. The van der Waals surface area contributed by atoms with E-state index in [4.69, 9.17) is 4.74 Å². The van der Waals surface area contributed by atoms with Crippen LogP contribution in [-0.2, 0) is 9.53 Å². The first kappa shape index (κ1) is 8.45. The second-order valence-electron chi connectivity index (χ2n) is 3.33. The van der Waals surface area contributed by atoms with Crippen molar-refractivity contribution in [3.8, 4) is 0 Å². The molecule has 1 aromatic carbocycles. The van der Waals surface area contributed by atoms with Crippen molar-refractivity contribution < 1.29 is 9.53 Å². The molecule has 1 saturated heterocycles. The van der Waals surface area contributed by atoms with Gasteiger partial charge in [-0.3, -0.25) is 0 Å². The van der Waals surface area contributed by atoms with E-state index >= 15 is 0 Å². The fraction of sp³-hybridized carbons (Fsp3) is 0.364. The van der Waals surface area contributed by atoms with Crippen molar-refractivity contribution in [3.63, 3.8) is 0 Å². The maximum atomic E-state index is 10.8. The molecule has 1 fully saturated rings. The van der Waals surface area contributed by atoms with Crippen LogP contribution in [0.3, 0.4) is 0 Å². The Morgan fingerprint density at radius 2 is 2.15 bits per heavy atom. The molecule has 2 heteroatoms. The second-order valence-corrected chi connectivity index (χ2v) is 3.33. The Kier molecular flexibility index (Phi) is 1.93. The Hall–Kier alpha value is -1.15. The van der Waals surface area contributed by atoms with Crippen molar-refractivity contribution >= 4 is 6.29 Å². The summed E-state index contributed by atoms with van der Waals surface area (Å²) in [5.41, 5.74) is 0.568. The third-order valence-corrected chi connectivity index (χ3v) is 2.58. The molecule has 2 unspecified atom stereocenters. The van der Waals surface area contributed by atoms with E-state index in [2.05, 4.69) is 0 Å². The van der Waals surface area contributed by atoms with Crippen LogP contribution in [0.5, 0.6) is 0 Å². The Morgan fingerprint density at radius 3 is 2.62 bits per heavy atom. The molecule has 2 rings (SSSR count). The summed E-state index contributed by atoms with van der Waals surface area (Å²) in [6, 6.07) is 9.86. The topological polar surface area (TPSA) is 29.6 Å². The molecular formula is C11H12O2. The standard InChI is InChI=1S/C11H12O2/c1-2-11(8-12)10(13-11)9-6-4-3-5-7-9/h3-8,10H,2H2,1H3. The van der Waals surface area contributed by atoms with Gasteiger partial charge in [-0.2, -0.15) is 0 Å². The Labute approximate surface area is 77.5 Å². The minimum absolute atomic E-state index is 0.0174. The number of hydrogen-bond acceptors (Lipinski definition) is 2. The van der Waals surface area contributed by atoms with Gasteiger partial charge in [-0.05, 0) is 12.0 Å². The predicted molar refractivity (Wildman–Crippen MR) is 49.4 cm³/mol. The van der Waals surface area contributed by atoms with E-state index in [0.29, 0.717) is 0 Å². The molecule has 68 valence electrons. The molecule has 2 nitrogen and oxygen atoms in total. The van der Waals surface area contributed by atoms with Crippen LogP contribution in [0.2, 0.25) is 0 Å². The van der Waals surface area contributed by atoms with Crippen molar-refractivity contribution in [2.45, 2.75) is 25.0 Å². The molecule has 0 bridgehead atoms. The van der Waals surface area contributed by atoms with E-state index < -0.39 is 5.60 Å². The monoisotopic (exact) mass is 176 g/mol. The number of benzene rings is 1. The molecular weight excluding hydrogens is 164 g/mol. The highest BCUT2D eigenvalue weighted by molar-refractivity contribution is 5.68. The van der Waals surface area contributed by atoms with E-state index in [1.165, 1.54) is 0 Å². The average Bonchev–Trinajstić information content (AvgIpc) is 2.95. The van der Waals surface area contributed by atoms with Gasteiger partial charge in [0, 0.05) is 0 Å². The molecule has 0 aromatic heterocycles. The maximum absolute atomic E-state index is 10.8. The molecule has 1 aromatic rings. The number of hydrogen-bond donors (Lipinski definition) is 0. The highest BCUT2D eigenvalue weighted by Gasteiger charge is 2.55. The first-order chi connectivity index (χ1) is 6.32. The van der Waals surface area contributed by atoms with Crippen LogP contribution < -0.4 is 0 Å². The number of ether oxygens (including phenoxy) is 1. The fourth-order valence-corrected chi connectivity index (χ4v) is 1.61. The maximum Gasteiger partial charge on any atom is 0.154 e. The van der Waals surface area contributed by atoms with Gasteiger partial charge in [-0.1, -0.05) is 37.3 Å². The van der Waals surface area contributed by atoms with Gasteiger partial charge in [0.25, 0.3) is 0 Å². The lowest BCUT2D eigenvalue weighted by Crippen LogP contribution is -2.11. The average molecular weight is 176 g/mol. The number of aldehydes is 1. The van der Waals surface area contributed by atoms with E-state index in [9.17, 15) is 4.79 Å². The fourth-order valence-electron chi connectivity index (χ4n) is 1.61. The number of rotatable bonds is 3. The van der Waals surface area contributed by atoms with Gasteiger partial charge < -0.3 is 9.53 Å². The summed E-state index contributed by atoms with van der Waals surface area (Å²) in [4.78, 5) is 10.8. The van der Waals surface area contributed by atoms with Gasteiger partial charge in [0.05, 0.1) is 0 Å². The normalized spacial score (nSPS) is 31.3. The summed E-state index contributed by atoms with van der Waals surface area (Å²) in [5.74, 6) is 0. The van der Waals surface area contributed by atoms with Crippen molar-refractivity contribution in [1.29, 1.82) is 0 Å². The first-order valence-electron chi connectivity index (χ1n) is 4.51. The Morgan fingerprint density at radius 1 is 1.46 bits per heavy atom. The number of carbonyl (C=O) groups is 1. The zero-order valence-electron chi connectivity index (χ0n) is 7.57. The van der Waals surface area contributed by atoms with Gasteiger partial charge in [0.1, 0.15) is 6.10 Å². The quantitative estimate of drug-likeness (QED) is 0.521. The SMILES string of the molecule is CCC1(C=O)OC1c1ccccc1. The van der Waals surface area contributed by atoms with Gasteiger partial charge in [0.15, 0.2) is 11.9 Å². The van der Waals surface area contributed by atoms with E-state index in [0.717, 1.165) is 18.3 Å². The highest BCUT2D eigenvalue weighted by Crippen LogP contribution is 2.50. The summed E-state index contributed by atoms with van der Waals surface area (Å²) >= 11 is 0. The molecule has 2 atom stereocenters. The smallest absolute Gasteiger partial charge is 0.154 e. The summed E-state index contributed by atoms with van der Waals surface area (Å²) in [6.07, 6.45) is 1.65. The van der Waals surface area contributed by atoms with Crippen LogP contribution in [0.15, 0.2) is 30.3 Å². The minimum Gasteiger partial charge on any atom is -0.353 e. The Balaban J connectivity index is 2.20. The zero-order valence-corrected chi connectivity index (χ0v) is 7.57. The molecule has 0 aliphatic carbocycles. The second kappa shape index (κ2) is 2.96. The molecule has 1 heterocycles. The lowest BCUT2D eigenvalue weighted by Gasteiger charge is -1.99. The third kappa shape index (κ3) is 1.27. The highest BCUT2D eigenvalue weighted by atomic mass is 16.6. The summed E-state index contributed by atoms with van der Waals surface area (Å²) in [5, 5.41) is 0. The van der Waals surface area contributed by atoms with Crippen molar-refractivity contribution in [2.75, 3.05) is 0 Å². The molecule has 0 spiro atoms. The van der Waals surface area contributed by atoms with Gasteiger partial charge in [0.2, 0.25) is 0 Å². The van der Waals surface area contributed by atoms with Gasteiger partial charge in [-0.25, -0.2) is 0 Å². The van der Waals surface area contributed by atoms with Crippen LogP contribution in [0.25, 0.3) is 0 Å². The van der Waals surface area contributed by atoms with Crippen LogP contribution in [0.1, 0.15) is 25.0 Å². The van der Waals surface area contributed by atoms with Crippen molar-refractivity contribution in [1.82, 2.24) is 0 Å². The van der Waals surface area contributed by atoms with E-state index in [1.54, 1.807) is 0 Å². The zero-order chi connectivity index (χ0) is 9.31. The van der Waals surface area contributed by atoms with Gasteiger partial charge in [-0.15, -0.1) is 0 Å². The molecule has 0 saturated carbocycles. The van der Waals surface area contributed by atoms with Crippen LogP contribution in [0, 0.1) is 0 Å². The van der Waals surface area contributed by atoms with Gasteiger partial charge >= 0.3 is 0 Å². The van der Waals surface area contributed by atoms with Crippen LogP contribution >= 0.6 is 0 Å². The van der Waals surface area contributed by atoms with Crippen LogP contribution in [-0.4, -0.2) is 11.9 Å². The third-order valence-electron chi connectivity index (χ3n) is 2.58. The largest absolute Gasteiger partial charge is 0.353 e.